The van der Waals surface area contributed by atoms with Crippen LogP contribution in [0, 0.1) is 13.8 Å². The summed E-state index contributed by atoms with van der Waals surface area (Å²) in [4.78, 5) is 22.3. The predicted molar refractivity (Wildman–Crippen MR) is 146 cm³/mol. The van der Waals surface area contributed by atoms with E-state index in [1.165, 1.54) is 16.8 Å². The molecule has 190 valence electrons. The molecule has 4 aromatic rings. The van der Waals surface area contributed by atoms with Gasteiger partial charge in [0, 0.05) is 73.2 Å². The minimum Gasteiger partial charge on any atom is -0.389 e. The van der Waals surface area contributed by atoms with Gasteiger partial charge in [0.1, 0.15) is 0 Å². The molecule has 0 atom stereocenters. The number of aliphatic hydroxyl groups is 1. The van der Waals surface area contributed by atoms with Gasteiger partial charge in [-0.05, 0) is 67.9 Å². The highest BCUT2D eigenvalue weighted by Crippen LogP contribution is 2.34. The summed E-state index contributed by atoms with van der Waals surface area (Å²) in [5.74, 6) is -0.0466. The lowest BCUT2D eigenvalue weighted by Crippen LogP contribution is -2.53. The summed E-state index contributed by atoms with van der Waals surface area (Å²) in [6, 6.07) is 14.2. The summed E-state index contributed by atoms with van der Waals surface area (Å²) in [7, 11) is 2.18. The van der Waals surface area contributed by atoms with E-state index in [-0.39, 0.29) is 5.91 Å². The molecule has 4 heterocycles. The number of aromatic nitrogens is 3. The number of aliphatic hydroxyl groups excluding tert-OH is 1. The average molecular weight is 497 g/mol. The smallest absolute Gasteiger partial charge is 0.254 e. The topological polar surface area (TPSA) is 88.6 Å². The number of fused-ring (bicyclic) bond motifs is 1. The van der Waals surface area contributed by atoms with Crippen molar-refractivity contribution in [3.63, 3.8) is 0 Å². The Balaban J connectivity index is 1.29. The van der Waals surface area contributed by atoms with Crippen LogP contribution in [0.4, 0.5) is 5.69 Å². The first-order valence-electron chi connectivity index (χ1n) is 12.8. The molecule has 2 aromatic heterocycles. The van der Waals surface area contributed by atoms with Crippen molar-refractivity contribution in [2.75, 3.05) is 51.2 Å². The van der Waals surface area contributed by atoms with E-state index in [2.05, 4.69) is 64.1 Å². The molecular weight excluding hydrogens is 464 g/mol. The largest absolute Gasteiger partial charge is 0.389 e. The number of nitrogens with zero attached hydrogens (tertiary/aromatic N) is 5. The number of amides is 1. The van der Waals surface area contributed by atoms with Crippen molar-refractivity contribution >= 4 is 22.6 Å². The number of aromatic amines is 1. The Morgan fingerprint density at radius 1 is 0.946 bits per heavy atom. The summed E-state index contributed by atoms with van der Waals surface area (Å²) >= 11 is 0. The van der Waals surface area contributed by atoms with Gasteiger partial charge in [-0.15, -0.1) is 10.2 Å². The number of H-pyrrole nitrogens is 1. The van der Waals surface area contributed by atoms with E-state index >= 15 is 0 Å². The number of nitrogens with one attached hydrogen (secondary N) is 1. The molecular formula is C29H32N6O2. The molecule has 0 spiro atoms. The Kier molecular flexibility index (Phi) is 5.93. The molecule has 0 bridgehead atoms. The molecule has 6 rings (SSSR count). The fourth-order valence-corrected chi connectivity index (χ4v) is 5.53. The second kappa shape index (κ2) is 9.28. The van der Waals surface area contributed by atoms with Gasteiger partial charge in [0.05, 0.1) is 11.8 Å². The molecule has 2 aromatic carbocycles. The second-order valence-corrected chi connectivity index (χ2v) is 10.4. The molecule has 0 saturated carbocycles. The van der Waals surface area contributed by atoms with E-state index in [1.54, 1.807) is 4.90 Å². The lowest BCUT2D eigenvalue weighted by molar-refractivity contribution is 0.00590. The highest BCUT2D eigenvalue weighted by atomic mass is 16.3. The molecule has 2 fully saturated rings. The first-order valence-corrected chi connectivity index (χ1v) is 12.8. The Hall–Kier alpha value is -3.75. The zero-order chi connectivity index (χ0) is 25.7. The number of carbonyl (C=O) groups is 1. The van der Waals surface area contributed by atoms with Crippen LogP contribution >= 0.6 is 0 Å². The number of anilines is 1. The molecule has 2 N–H and O–H groups in total. The normalized spacial score (nSPS) is 16.9. The first kappa shape index (κ1) is 23.6. The Morgan fingerprint density at radius 3 is 2.27 bits per heavy atom. The van der Waals surface area contributed by atoms with Crippen LogP contribution in [-0.2, 0) is 0 Å². The van der Waals surface area contributed by atoms with Crippen LogP contribution in [0.25, 0.3) is 33.4 Å². The summed E-state index contributed by atoms with van der Waals surface area (Å²) in [5, 5.41) is 19.5. The summed E-state index contributed by atoms with van der Waals surface area (Å²) in [6.07, 6.45) is 1.54. The number of likely N-dealkylation sites (tertiary alicyclic amines) is 1. The van der Waals surface area contributed by atoms with Gasteiger partial charge >= 0.3 is 0 Å². The maximum Gasteiger partial charge on any atom is 0.254 e. The molecule has 8 nitrogen and oxygen atoms in total. The monoisotopic (exact) mass is 496 g/mol. The van der Waals surface area contributed by atoms with Gasteiger partial charge < -0.3 is 24.8 Å². The maximum absolute atomic E-state index is 12.6. The van der Waals surface area contributed by atoms with Crippen LogP contribution in [0.15, 0.2) is 48.7 Å². The van der Waals surface area contributed by atoms with Crippen LogP contribution in [0.2, 0.25) is 0 Å². The standard InChI is InChI=1S/C29H32N6O2/c1-18-12-22(13-19(2)27(18)34-10-8-33(3)9-11-34)26-14-24-25(15-30-28(24)32-31-26)20-4-6-21(7-5-20)29(37)35-16-23(36)17-35/h4-7,12-15,23,36H,8-11,16-17H2,1-3H3,(H,30,32). The van der Waals surface area contributed by atoms with Crippen LogP contribution in [-0.4, -0.2) is 88.4 Å². The van der Waals surface area contributed by atoms with Crippen molar-refractivity contribution in [3.8, 4) is 22.4 Å². The quantitative estimate of drug-likeness (QED) is 0.450. The van der Waals surface area contributed by atoms with Gasteiger partial charge in [0.15, 0.2) is 5.65 Å². The van der Waals surface area contributed by atoms with Gasteiger partial charge in [-0.25, -0.2) is 0 Å². The van der Waals surface area contributed by atoms with Crippen LogP contribution < -0.4 is 4.90 Å². The molecule has 0 unspecified atom stereocenters. The van der Waals surface area contributed by atoms with Crippen molar-refractivity contribution in [2.24, 2.45) is 0 Å². The van der Waals surface area contributed by atoms with Crippen molar-refractivity contribution in [2.45, 2.75) is 20.0 Å². The number of hydrogen-bond donors (Lipinski definition) is 2. The van der Waals surface area contributed by atoms with Gasteiger partial charge in [0.2, 0.25) is 0 Å². The summed E-state index contributed by atoms with van der Waals surface area (Å²) in [5.41, 5.74) is 9.13. The van der Waals surface area contributed by atoms with Gasteiger partial charge in [-0.2, -0.15) is 0 Å². The number of β-amino-alcohol motifs (C(OH)–C–C–N with tert-alkyl or cyclic N) is 1. The van der Waals surface area contributed by atoms with Crippen LogP contribution in [0.1, 0.15) is 21.5 Å². The third-order valence-electron chi connectivity index (χ3n) is 7.64. The number of benzene rings is 2. The fraction of sp³-hybridized carbons (Fsp3) is 0.345. The van der Waals surface area contributed by atoms with E-state index in [0.29, 0.717) is 18.7 Å². The molecule has 0 radical (unpaired) electrons. The molecule has 2 aliphatic rings. The number of rotatable bonds is 4. The second-order valence-electron chi connectivity index (χ2n) is 10.4. The molecule has 1 amide bonds. The summed E-state index contributed by atoms with van der Waals surface area (Å²) in [6.45, 7) is 9.41. The van der Waals surface area contributed by atoms with E-state index in [0.717, 1.165) is 59.6 Å². The van der Waals surface area contributed by atoms with Crippen molar-refractivity contribution in [1.29, 1.82) is 0 Å². The Bertz CT molecular complexity index is 1440. The Labute approximate surface area is 216 Å². The molecule has 0 aliphatic carbocycles. The van der Waals surface area contributed by atoms with Gasteiger partial charge in [-0.3, -0.25) is 4.79 Å². The molecule has 37 heavy (non-hydrogen) atoms. The number of aryl methyl sites for hydroxylation is 2. The van der Waals surface area contributed by atoms with Crippen LogP contribution in [0.5, 0.6) is 0 Å². The van der Waals surface area contributed by atoms with Crippen molar-refractivity contribution in [3.05, 3.63) is 65.4 Å². The SMILES string of the molecule is Cc1cc(-c2cc3c(-c4ccc(C(=O)N5CC(O)C5)cc4)c[nH]c3nn2)cc(C)c1N1CCN(C)CC1. The van der Waals surface area contributed by atoms with Crippen molar-refractivity contribution < 1.29 is 9.90 Å². The van der Waals surface area contributed by atoms with Crippen LogP contribution in [0.3, 0.4) is 0 Å². The third-order valence-corrected chi connectivity index (χ3v) is 7.64. The third kappa shape index (κ3) is 4.36. The predicted octanol–water partition coefficient (Wildman–Crippen LogP) is 3.48. The minimum absolute atomic E-state index is 0.0466. The van der Waals surface area contributed by atoms with Gasteiger partial charge in [0.25, 0.3) is 5.91 Å². The lowest BCUT2D eigenvalue weighted by Gasteiger charge is -2.36. The molecule has 2 saturated heterocycles. The fourth-order valence-electron chi connectivity index (χ4n) is 5.53. The Morgan fingerprint density at radius 2 is 1.62 bits per heavy atom. The van der Waals surface area contributed by atoms with E-state index in [9.17, 15) is 9.90 Å². The highest BCUT2D eigenvalue weighted by molar-refractivity contribution is 5.98. The number of likely N-dealkylation sites (N-methyl/N-ethyl adjacent to an activating group) is 1. The zero-order valence-corrected chi connectivity index (χ0v) is 21.5. The summed E-state index contributed by atoms with van der Waals surface area (Å²) < 4.78 is 0. The van der Waals surface area contributed by atoms with E-state index in [4.69, 9.17) is 0 Å². The van der Waals surface area contributed by atoms with Crippen molar-refractivity contribution in [1.82, 2.24) is 25.0 Å². The number of hydrogen-bond acceptors (Lipinski definition) is 6. The molecule has 8 heteroatoms. The average Bonchev–Trinajstić information content (AvgIpc) is 3.30. The highest BCUT2D eigenvalue weighted by Gasteiger charge is 2.29. The number of carbonyl (C=O) groups excluding carboxylic acids is 1. The van der Waals surface area contributed by atoms with E-state index in [1.807, 2.05) is 30.5 Å². The number of piperazine rings is 1. The molecule has 2 aliphatic heterocycles. The van der Waals surface area contributed by atoms with E-state index < -0.39 is 6.10 Å². The lowest BCUT2D eigenvalue weighted by atomic mass is 9.99. The zero-order valence-electron chi connectivity index (χ0n) is 21.5. The maximum atomic E-state index is 12.6. The first-order chi connectivity index (χ1) is 17.9. The minimum atomic E-state index is -0.402. The van der Waals surface area contributed by atoms with Gasteiger partial charge in [-0.1, -0.05) is 12.1 Å².